The zero-order chi connectivity index (χ0) is 31.2. The van der Waals surface area contributed by atoms with Gasteiger partial charge in [-0.15, -0.1) is 11.3 Å². The molecule has 0 fully saturated rings. The number of amides is 2. The molecule has 0 bridgehead atoms. The van der Waals surface area contributed by atoms with E-state index in [1.807, 2.05) is 44.2 Å². The van der Waals surface area contributed by atoms with Gasteiger partial charge in [0.2, 0.25) is 0 Å². The zero-order valence-corrected chi connectivity index (χ0v) is 26.7. The van der Waals surface area contributed by atoms with Gasteiger partial charge in [-0.3, -0.25) is 9.59 Å². The van der Waals surface area contributed by atoms with Crippen molar-refractivity contribution < 1.29 is 23.9 Å². The van der Waals surface area contributed by atoms with Crippen molar-refractivity contribution >= 4 is 78.6 Å². The summed E-state index contributed by atoms with van der Waals surface area (Å²) < 4.78 is 13.1. The second-order valence-corrected chi connectivity index (χ2v) is 11.9. The number of anilines is 1. The number of esters is 1. The number of halogens is 2. The van der Waals surface area contributed by atoms with Crippen LogP contribution in [0.15, 0.2) is 94.5 Å². The lowest BCUT2D eigenvalue weighted by molar-refractivity contribution is 0.0733. The molecule has 5 aromatic rings. The Bertz CT molecular complexity index is 1910. The molecular weight excluding hydrogens is 666 g/mol. The maximum atomic E-state index is 13.0. The Morgan fingerprint density at radius 3 is 2.48 bits per heavy atom. The molecule has 44 heavy (non-hydrogen) atoms. The molecule has 0 saturated heterocycles. The van der Waals surface area contributed by atoms with Gasteiger partial charge in [0, 0.05) is 31.4 Å². The first kappa shape index (κ1) is 30.9. The molecule has 8 nitrogen and oxygen atoms in total. The third kappa shape index (κ3) is 7.34. The van der Waals surface area contributed by atoms with Crippen molar-refractivity contribution in [1.29, 1.82) is 0 Å². The highest BCUT2D eigenvalue weighted by atomic mass is 79.9. The fraction of sp³-hybridized carbons (Fsp3) is 0.0909. The van der Waals surface area contributed by atoms with E-state index < -0.39 is 11.9 Å². The fourth-order valence-corrected chi connectivity index (χ4v) is 6.14. The fourth-order valence-electron chi connectivity index (χ4n) is 4.20. The normalized spacial score (nSPS) is 11.0. The molecule has 0 unspecified atom stereocenters. The predicted molar refractivity (Wildman–Crippen MR) is 178 cm³/mol. The van der Waals surface area contributed by atoms with Crippen molar-refractivity contribution in [3.05, 3.63) is 122 Å². The predicted octanol–water partition coefficient (Wildman–Crippen LogP) is 8.26. The minimum atomic E-state index is -0.595. The topological polar surface area (TPSA) is 106 Å². The van der Waals surface area contributed by atoms with Crippen LogP contribution in [-0.4, -0.2) is 30.6 Å². The van der Waals surface area contributed by atoms with Crippen LogP contribution in [0.3, 0.4) is 0 Å². The Labute approximate surface area is 270 Å². The van der Waals surface area contributed by atoms with Crippen LogP contribution in [0, 0.1) is 6.92 Å². The second-order valence-electron chi connectivity index (χ2n) is 9.51. The Kier molecular flexibility index (Phi) is 9.74. The quantitative estimate of drug-likeness (QED) is 0.0701. The van der Waals surface area contributed by atoms with Crippen molar-refractivity contribution in [2.75, 3.05) is 11.9 Å². The summed E-state index contributed by atoms with van der Waals surface area (Å²) in [6.07, 6.45) is 1.45. The van der Waals surface area contributed by atoms with E-state index in [9.17, 15) is 14.4 Å². The number of hydrogen-bond acceptors (Lipinski definition) is 7. The van der Waals surface area contributed by atoms with Crippen LogP contribution in [0.2, 0.25) is 5.02 Å². The van der Waals surface area contributed by atoms with Crippen LogP contribution in [0.1, 0.15) is 48.4 Å². The van der Waals surface area contributed by atoms with Crippen LogP contribution in [0.25, 0.3) is 10.1 Å². The van der Waals surface area contributed by atoms with Crippen molar-refractivity contribution in [3.63, 3.8) is 0 Å². The molecule has 1 heterocycles. The Balaban J connectivity index is 1.21. The smallest absolute Gasteiger partial charge is 0.355 e. The van der Waals surface area contributed by atoms with E-state index in [1.54, 1.807) is 54.6 Å². The van der Waals surface area contributed by atoms with Gasteiger partial charge in [0.25, 0.3) is 11.8 Å². The van der Waals surface area contributed by atoms with Gasteiger partial charge in [0.15, 0.2) is 11.5 Å². The number of ether oxygens (including phenoxy) is 2. The van der Waals surface area contributed by atoms with E-state index in [2.05, 4.69) is 31.8 Å². The van der Waals surface area contributed by atoms with E-state index in [1.165, 1.54) is 17.6 Å². The third-order valence-corrected chi connectivity index (χ3v) is 8.44. The van der Waals surface area contributed by atoms with Gasteiger partial charge in [0.1, 0.15) is 4.88 Å². The van der Waals surface area contributed by atoms with E-state index in [0.717, 1.165) is 20.1 Å². The van der Waals surface area contributed by atoms with Crippen molar-refractivity contribution in [2.45, 2.75) is 13.8 Å². The highest BCUT2D eigenvalue weighted by molar-refractivity contribution is 9.10. The number of carbonyl (C=O) groups is 3. The first-order chi connectivity index (χ1) is 21.2. The van der Waals surface area contributed by atoms with Crippen molar-refractivity contribution in [2.24, 2.45) is 5.10 Å². The largest absolute Gasteiger partial charge is 0.490 e. The molecule has 0 aliphatic carbocycles. The number of benzene rings is 4. The number of fused-ring (bicyclic) bond motifs is 1. The van der Waals surface area contributed by atoms with Gasteiger partial charge in [-0.2, -0.15) is 5.10 Å². The summed E-state index contributed by atoms with van der Waals surface area (Å²) in [6.45, 7) is 4.06. The van der Waals surface area contributed by atoms with Gasteiger partial charge in [0.05, 0.1) is 17.8 Å². The van der Waals surface area contributed by atoms with Crippen LogP contribution in [-0.2, 0) is 0 Å². The second kappa shape index (κ2) is 13.9. The van der Waals surface area contributed by atoms with Gasteiger partial charge in [-0.05, 0) is 86.1 Å². The first-order valence-electron chi connectivity index (χ1n) is 13.4. The Morgan fingerprint density at radius 2 is 1.73 bits per heavy atom. The van der Waals surface area contributed by atoms with E-state index in [4.69, 9.17) is 21.1 Å². The third-order valence-electron chi connectivity index (χ3n) is 6.31. The number of carbonyl (C=O) groups excluding carboxylic acids is 3. The van der Waals surface area contributed by atoms with Gasteiger partial charge in [-0.25, -0.2) is 10.2 Å². The SMILES string of the molecule is CCOc1cc(/C=N\NC(=O)c2ccc(NC(=O)c3cccc(C)c3)cc2)ccc1OC(=O)c1sc2cc(Br)ccc2c1Cl. The lowest BCUT2D eigenvalue weighted by Gasteiger charge is -2.11. The summed E-state index contributed by atoms with van der Waals surface area (Å²) in [4.78, 5) is 38.4. The maximum absolute atomic E-state index is 13.0. The number of nitrogens with zero attached hydrogens (tertiary/aromatic N) is 1. The van der Waals surface area contributed by atoms with Crippen LogP contribution in [0.5, 0.6) is 11.5 Å². The lowest BCUT2D eigenvalue weighted by atomic mass is 10.1. The molecule has 1 aromatic heterocycles. The van der Waals surface area contributed by atoms with Gasteiger partial charge < -0.3 is 14.8 Å². The standard InChI is InChI=1S/C33H25BrClN3O5S/c1-3-42-27-16-20(7-14-26(27)43-33(41)30-29(35)25-13-10-23(34)17-28(25)44-30)18-36-38-32(40)21-8-11-24(12-9-21)37-31(39)22-6-4-5-19(2)15-22/h4-18H,3H2,1-2H3,(H,37,39)(H,38,40)/b36-18-. The maximum Gasteiger partial charge on any atom is 0.355 e. The Morgan fingerprint density at radius 1 is 0.932 bits per heavy atom. The highest BCUT2D eigenvalue weighted by Crippen LogP contribution is 2.38. The number of hydrogen-bond donors (Lipinski definition) is 2. The summed E-state index contributed by atoms with van der Waals surface area (Å²) in [6, 6.07) is 24.3. The molecular formula is C33H25BrClN3O5S. The molecule has 0 aliphatic rings. The molecule has 2 N–H and O–H groups in total. The van der Waals surface area contributed by atoms with Crippen molar-refractivity contribution in [3.8, 4) is 11.5 Å². The molecule has 0 aliphatic heterocycles. The summed E-state index contributed by atoms with van der Waals surface area (Å²) in [7, 11) is 0. The monoisotopic (exact) mass is 689 g/mol. The molecule has 222 valence electrons. The average molecular weight is 691 g/mol. The zero-order valence-electron chi connectivity index (χ0n) is 23.5. The molecule has 0 atom stereocenters. The number of aryl methyl sites for hydroxylation is 1. The van der Waals surface area contributed by atoms with Gasteiger partial charge >= 0.3 is 5.97 Å². The van der Waals surface area contributed by atoms with Crippen LogP contribution in [0.4, 0.5) is 5.69 Å². The molecule has 11 heteroatoms. The minimum Gasteiger partial charge on any atom is -0.490 e. The minimum absolute atomic E-state index is 0.224. The Hall–Kier alpha value is -4.51. The van der Waals surface area contributed by atoms with E-state index >= 15 is 0 Å². The lowest BCUT2D eigenvalue weighted by Crippen LogP contribution is -2.18. The molecule has 2 amide bonds. The summed E-state index contributed by atoms with van der Waals surface area (Å²) >= 11 is 11.1. The average Bonchev–Trinajstić information content (AvgIpc) is 3.34. The number of rotatable bonds is 9. The number of nitrogens with one attached hydrogen (secondary N) is 2. The van der Waals surface area contributed by atoms with E-state index in [0.29, 0.717) is 39.8 Å². The van der Waals surface area contributed by atoms with Crippen LogP contribution < -0.4 is 20.2 Å². The number of thiophene rings is 1. The van der Waals surface area contributed by atoms with E-state index in [-0.39, 0.29) is 16.5 Å². The summed E-state index contributed by atoms with van der Waals surface area (Å²) in [5.41, 5.74) is 5.54. The molecule has 0 spiro atoms. The van der Waals surface area contributed by atoms with Crippen LogP contribution >= 0.6 is 38.9 Å². The first-order valence-corrected chi connectivity index (χ1v) is 15.4. The molecule has 4 aromatic carbocycles. The summed E-state index contributed by atoms with van der Waals surface area (Å²) in [5.74, 6) is -0.704. The van der Waals surface area contributed by atoms with Gasteiger partial charge in [-0.1, -0.05) is 51.3 Å². The number of hydrazone groups is 1. The highest BCUT2D eigenvalue weighted by Gasteiger charge is 2.21. The summed E-state index contributed by atoms with van der Waals surface area (Å²) in [5, 5.41) is 7.96. The molecule has 0 saturated carbocycles. The van der Waals surface area contributed by atoms with Crippen molar-refractivity contribution in [1.82, 2.24) is 5.43 Å². The molecule has 5 rings (SSSR count). The molecule has 0 radical (unpaired) electrons.